The zero-order valence-electron chi connectivity index (χ0n) is 9.36. The molecule has 1 aliphatic heterocycles. The molecule has 0 saturated carbocycles. The summed E-state index contributed by atoms with van der Waals surface area (Å²) in [5.74, 6) is 0.858. The van der Waals surface area contributed by atoms with Crippen molar-refractivity contribution in [3.05, 3.63) is 0 Å². The van der Waals surface area contributed by atoms with Gasteiger partial charge in [0.25, 0.3) is 0 Å². The normalized spacial score (nSPS) is 21.4. The second-order valence-electron chi connectivity index (χ2n) is 4.58. The van der Waals surface area contributed by atoms with Crippen LogP contribution in [0.3, 0.4) is 0 Å². The Morgan fingerprint density at radius 3 is 2.21 bits per heavy atom. The lowest BCUT2D eigenvalue weighted by Gasteiger charge is -2.35. The summed E-state index contributed by atoms with van der Waals surface area (Å²) in [4.78, 5) is 12.9. The van der Waals surface area contributed by atoms with E-state index in [1.54, 1.807) is 6.92 Å². The molecule has 1 saturated heterocycles. The molecule has 1 fully saturated rings. The molecule has 1 rings (SSSR count). The van der Waals surface area contributed by atoms with E-state index in [-0.39, 0.29) is 12.0 Å². The third-order valence-corrected chi connectivity index (χ3v) is 3.15. The van der Waals surface area contributed by atoms with Crippen LogP contribution >= 0.6 is 0 Å². The van der Waals surface area contributed by atoms with Crippen molar-refractivity contribution < 1.29 is 9.90 Å². The fourth-order valence-electron chi connectivity index (χ4n) is 2.10. The van der Waals surface area contributed by atoms with Crippen molar-refractivity contribution in [1.82, 2.24) is 4.90 Å². The first-order valence-electron chi connectivity index (χ1n) is 5.46. The number of carbonyl (C=O) groups is 1. The zero-order chi connectivity index (χ0) is 10.7. The quantitative estimate of drug-likeness (QED) is 0.727. The van der Waals surface area contributed by atoms with Crippen LogP contribution in [0.25, 0.3) is 0 Å². The highest BCUT2D eigenvalue weighted by Crippen LogP contribution is 2.24. The highest BCUT2D eigenvalue weighted by atomic mass is 16.3. The Morgan fingerprint density at radius 1 is 1.36 bits per heavy atom. The Hall–Kier alpha value is -0.570. The molecule has 1 unspecified atom stereocenters. The summed E-state index contributed by atoms with van der Waals surface area (Å²) in [6, 6.07) is 0. The van der Waals surface area contributed by atoms with Gasteiger partial charge in [-0.25, -0.2) is 0 Å². The van der Waals surface area contributed by atoms with E-state index < -0.39 is 0 Å². The Kier molecular flexibility index (Phi) is 3.93. The highest BCUT2D eigenvalue weighted by molar-refractivity contribution is 5.73. The molecule has 0 aromatic heterocycles. The molecule has 0 aromatic rings. The lowest BCUT2D eigenvalue weighted by molar-refractivity contribution is -0.131. The summed E-state index contributed by atoms with van der Waals surface area (Å²) < 4.78 is 0. The molecule has 1 aliphatic rings. The van der Waals surface area contributed by atoms with Gasteiger partial charge >= 0.3 is 0 Å². The number of hydrogen-bond donors (Lipinski definition) is 1. The van der Waals surface area contributed by atoms with Gasteiger partial charge in [-0.3, -0.25) is 4.79 Å². The first kappa shape index (κ1) is 11.5. The molecule has 82 valence electrons. The molecule has 1 amide bonds. The summed E-state index contributed by atoms with van der Waals surface area (Å²) >= 11 is 0. The Bertz CT molecular complexity index is 195. The van der Waals surface area contributed by atoms with Crippen LogP contribution in [-0.2, 0) is 4.79 Å². The van der Waals surface area contributed by atoms with Crippen LogP contribution in [0.2, 0.25) is 0 Å². The minimum Gasteiger partial charge on any atom is -0.393 e. The largest absolute Gasteiger partial charge is 0.393 e. The Balaban J connectivity index is 2.39. The molecule has 0 bridgehead atoms. The molecule has 3 heteroatoms. The molecule has 1 atom stereocenters. The first-order valence-corrected chi connectivity index (χ1v) is 5.46. The van der Waals surface area contributed by atoms with Gasteiger partial charge in [-0.15, -0.1) is 0 Å². The van der Waals surface area contributed by atoms with E-state index in [0.29, 0.717) is 11.8 Å². The lowest BCUT2D eigenvalue weighted by Crippen LogP contribution is -2.41. The Labute approximate surface area is 86.1 Å². The van der Waals surface area contributed by atoms with Crippen molar-refractivity contribution in [2.75, 3.05) is 13.1 Å². The Morgan fingerprint density at radius 2 is 1.86 bits per heavy atom. The molecule has 0 aliphatic carbocycles. The van der Waals surface area contributed by atoms with Crippen molar-refractivity contribution in [3.8, 4) is 0 Å². The number of hydrogen-bond acceptors (Lipinski definition) is 2. The van der Waals surface area contributed by atoms with Gasteiger partial charge in [0.2, 0.25) is 5.91 Å². The van der Waals surface area contributed by atoms with Gasteiger partial charge in [0, 0.05) is 20.0 Å². The maximum Gasteiger partial charge on any atom is 0.219 e. The monoisotopic (exact) mass is 199 g/mol. The van der Waals surface area contributed by atoms with Gasteiger partial charge in [0.05, 0.1) is 6.10 Å². The van der Waals surface area contributed by atoms with Crippen LogP contribution in [0.5, 0.6) is 0 Å². The van der Waals surface area contributed by atoms with Gasteiger partial charge < -0.3 is 10.0 Å². The summed E-state index contributed by atoms with van der Waals surface area (Å²) in [6.45, 7) is 7.32. The smallest absolute Gasteiger partial charge is 0.219 e. The van der Waals surface area contributed by atoms with Crippen molar-refractivity contribution in [2.24, 2.45) is 11.8 Å². The lowest BCUT2D eigenvalue weighted by atomic mass is 9.86. The van der Waals surface area contributed by atoms with Crippen LogP contribution in [0.4, 0.5) is 0 Å². The molecule has 0 radical (unpaired) electrons. The fraction of sp³-hybridized carbons (Fsp3) is 0.909. The van der Waals surface area contributed by atoms with Gasteiger partial charge in [0.1, 0.15) is 0 Å². The average molecular weight is 199 g/mol. The van der Waals surface area contributed by atoms with Gasteiger partial charge in [0.15, 0.2) is 0 Å². The zero-order valence-corrected chi connectivity index (χ0v) is 9.36. The summed E-state index contributed by atoms with van der Waals surface area (Å²) in [5.41, 5.74) is 0. The summed E-state index contributed by atoms with van der Waals surface area (Å²) in [7, 11) is 0. The predicted molar refractivity (Wildman–Crippen MR) is 55.8 cm³/mol. The van der Waals surface area contributed by atoms with E-state index in [9.17, 15) is 9.90 Å². The van der Waals surface area contributed by atoms with Crippen molar-refractivity contribution in [3.63, 3.8) is 0 Å². The summed E-state index contributed by atoms with van der Waals surface area (Å²) in [5, 5.41) is 9.87. The van der Waals surface area contributed by atoms with Crippen LogP contribution in [0, 0.1) is 11.8 Å². The second kappa shape index (κ2) is 4.78. The number of likely N-dealkylation sites (tertiary alicyclic amines) is 1. The predicted octanol–water partition coefficient (Wildman–Crippen LogP) is 1.26. The van der Waals surface area contributed by atoms with Crippen LogP contribution in [-0.4, -0.2) is 35.1 Å². The third kappa shape index (κ3) is 2.71. The fourth-order valence-corrected chi connectivity index (χ4v) is 2.10. The minimum absolute atomic E-state index is 0.155. The van der Waals surface area contributed by atoms with E-state index in [0.717, 1.165) is 25.9 Å². The molecule has 0 aromatic carbocycles. The average Bonchev–Trinajstić information content (AvgIpc) is 2.16. The standard InChI is InChI=1S/C11H21NO2/c1-8(2)11(14)10-4-6-12(7-5-10)9(3)13/h8,10-11,14H,4-7H2,1-3H3. The maximum absolute atomic E-state index is 11.1. The molecule has 1 heterocycles. The topological polar surface area (TPSA) is 40.5 Å². The number of amides is 1. The van der Waals surface area contributed by atoms with Gasteiger partial charge in [-0.2, -0.15) is 0 Å². The minimum atomic E-state index is -0.205. The molecule has 14 heavy (non-hydrogen) atoms. The molecular weight excluding hydrogens is 178 g/mol. The van der Waals surface area contributed by atoms with Gasteiger partial charge in [-0.05, 0) is 24.7 Å². The van der Waals surface area contributed by atoms with E-state index in [2.05, 4.69) is 0 Å². The molecular formula is C11H21NO2. The number of rotatable bonds is 2. The second-order valence-corrected chi connectivity index (χ2v) is 4.58. The number of piperidine rings is 1. The van der Waals surface area contributed by atoms with Crippen LogP contribution in [0.15, 0.2) is 0 Å². The van der Waals surface area contributed by atoms with E-state index in [4.69, 9.17) is 0 Å². The van der Waals surface area contributed by atoms with Crippen molar-refractivity contribution in [1.29, 1.82) is 0 Å². The van der Waals surface area contributed by atoms with E-state index in [1.807, 2.05) is 18.7 Å². The first-order chi connectivity index (χ1) is 6.52. The highest BCUT2D eigenvalue weighted by Gasteiger charge is 2.27. The SMILES string of the molecule is CC(=O)N1CCC(C(O)C(C)C)CC1. The third-order valence-electron chi connectivity index (χ3n) is 3.15. The number of carbonyl (C=O) groups excluding carboxylic acids is 1. The van der Waals surface area contributed by atoms with Crippen molar-refractivity contribution >= 4 is 5.91 Å². The van der Waals surface area contributed by atoms with Crippen molar-refractivity contribution in [2.45, 2.75) is 39.7 Å². The van der Waals surface area contributed by atoms with Crippen LogP contribution in [0.1, 0.15) is 33.6 Å². The number of nitrogens with zero attached hydrogens (tertiary/aromatic N) is 1. The molecule has 1 N–H and O–H groups in total. The number of aliphatic hydroxyl groups excluding tert-OH is 1. The van der Waals surface area contributed by atoms with E-state index in [1.165, 1.54) is 0 Å². The summed E-state index contributed by atoms with van der Waals surface area (Å²) in [6.07, 6.45) is 1.68. The van der Waals surface area contributed by atoms with E-state index >= 15 is 0 Å². The molecule has 0 spiro atoms. The van der Waals surface area contributed by atoms with Crippen LogP contribution < -0.4 is 0 Å². The maximum atomic E-state index is 11.1. The van der Waals surface area contributed by atoms with Gasteiger partial charge in [-0.1, -0.05) is 13.8 Å². The number of aliphatic hydroxyl groups is 1. The molecule has 3 nitrogen and oxygen atoms in total.